The van der Waals surface area contributed by atoms with Crippen LogP contribution in [0.5, 0.6) is 11.8 Å². The van der Waals surface area contributed by atoms with Gasteiger partial charge in [-0.2, -0.15) is 9.97 Å². The van der Waals surface area contributed by atoms with E-state index < -0.39 is 6.17 Å². The van der Waals surface area contributed by atoms with Crippen molar-refractivity contribution in [1.29, 1.82) is 0 Å². The van der Waals surface area contributed by atoms with Gasteiger partial charge in [0.2, 0.25) is 0 Å². The van der Waals surface area contributed by atoms with Gasteiger partial charge in [0.05, 0.1) is 16.4 Å². The van der Waals surface area contributed by atoms with E-state index in [1.54, 1.807) is 12.1 Å². The van der Waals surface area contributed by atoms with E-state index in [2.05, 4.69) is 33.3 Å². The monoisotopic (exact) mass is 593 g/mol. The van der Waals surface area contributed by atoms with Gasteiger partial charge in [0.15, 0.2) is 0 Å². The van der Waals surface area contributed by atoms with Gasteiger partial charge in [-0.3, -0.25) is 4.90 Å². The van der Waals surface area contributed by atoms with Crippen molar-refractivity contribution < 1.29 is 18.7 Å². The van der Waals surface area contributed by atoms with Gasteiger partial charge in [0.1, 0.15) is 35.7 Å². The highest BCUT2D eigenvalue weighted by Gasteiger charge is 2.49. The molecule has 4 atom stereocenters. The molecule has 226 valence electrons. The van der Waals surface area contributed by atoms with Crippen LogP contribution < -0.4 is 15.0 Å². The van der Waals surface area contributed by atoms with Gasteiger partial charge in [-0.15, -0.1) is 0 Å². The van der Waals surface area contributed by atoms with E-state index in [9.17, 15) is 9.50 Å². The molecule has 9 rings (SSSR count). The smallest absolute Gasteiger partial charge is 0.319 e. The number of piperazine rings is 1. The van der Waals surface area contributed by atoms with Gasteiger partial charge in [0.25, 0.3) is 0 Å². The molecule has 8 nitrogen and oxygen atoms in total. The van der Waals surface area contributed by atoms with E-state index >= 15 is 0 Å². The first-order chi connectivity index (χ1) is 21.4. The summed E-state index contributed by atoms with van der Waals surface area (Å²) in [6, 6.07) is 17.0. The number of nitrogens with one attached hydrogen (secondary N) is 1. The molecular weight excluding hydrogens is 557 g/mol. The van der Waals surface area contributed by atoms with Gasteiger partial charge in [-0.1, -0.05) is 24.3 Å². The Balaban J connectivity index is 1.24. The van der Waals surface area contributed by atoms with E-state index in [4.69, 9.17) is 19.1 Å². The average Bonchev–Trinajstić information content (AvgIpc) is 3.76. The Bertz CT molecular complexity index is 1930. The number of halogens is 1. The summed E-state index contributed by atoms with van der Waals surface area (Å²) in [6.07, 6.45) is 3.98. The van der Waals surface area contributed by atoms with Crippen molar-refractivity contribution in [3.8, 4) is 22.9 Å². The number of aromatic nitrogens is 2. The summed E-state index contributed by atoms with van der Waals surface area (Å²) in [4.78, 5) is 14.8. The number of hydrogen-bond donors (Lipinski definition) is 2. The Hall–Kier alpha value is -3.95. The number of furan rings is 1. The highest BCUT2D eigenvalue weighted by atomic mass is 19.1. The lowest BCUT2D eigenvalue weighted by Crippen LogP contribution is -2.51. The van der Waals surface area contributed by atoms with E-state index in [1.807, 2.05) is 25.1 Å². The van der Waals surface area contributed by atoms with Gasteiger partial charge in [-0.25, -0.2) is 4.39 Å². The number of fused-ring (bicyclic) bond motifs is 7. The lowest BCUT2D eigenvalue weighted by molar-refractivity contribution is 0.107. The fourth-order valence-corrected chi connectivity index (χ4v) is 8.54. The number of phenolic OH excluding ortho intramolecular Hbond substituents is 1. The summed E-state index contributed by atoms with van der Waals surface area (Å²) in [6.45, 7) is 5.46. The van der Waals surface area contributed by atoms with Gasteiger partial charge in [-0.05, 0) is 79.8 Å². The molecule has 4 aliphatic heterocycles. The van der Waals surface area contributed by atoms with Gasteiger partial charge in [0, 0.05) is 49.1 Å². The molecule has 0 saturated carbocycles. The first-order valence-electron chi connectivity index (χ1n) is 15.9. The molecule has 0 aliphatic carbocycles. The van der Waals surface area contributed by atoms with Crippen LogP contribution in [0.1, 0.15) is 37.9 Å². The lowest BCUT2D eigenvalue weighted by atomic mass is 9.95. The molecule has 6 heterocycles. The number of aromatic hydroxyl groups is 1. The molecule has 0 spiro atoms. The van der Waals surface area contributed by atoms with Crippen molar-refractivity contribution in [3.05, 3.63) is 54.3 Å². The molecular formula is C35H36FN5O3. The molecule has 4 fully saturated rings. The third-order valence-electron chi connectivity index (χ3n) is 10.4. The Kier molecular flexibility index (Phi) is 5.88. The molecule has 4 aliphatic rings. The van der Waals surface area contributed by atoms with Crippen molar-refractivity contribution in [2.45, 2.75) is 62.8 Å². The fourth-order valence-electron chi connectivity index (χ4n) is 8.54. The Labute approximate surface area is 254 Å². The molecule has 44 heavy (non-hydrogen) atoms. The zero-order chi connectivity index (χ0) is 29.6. The standard InChI is InChI=1S/C35H36FN5O3/c1-20-11-29-31-30(14-28(32(29)44-20)27-13-25(42)12-21-5-2-3-6-26(21)27)38-34(39-33(31)40-17-23-7-8-24(18-40)37-23)43-19-35-9-4-10-41(35)16-22(36)15-35/h2-3,5-6,11-14,22-24,37,42H,4,7-10,15-19H2,1H3/t22-,23-,24+,35+/m1/s1. The number of phenols is 1. The van der Waals surface area contributed by atoms with Crippen LogP contribution in [0.4, 0.5) is 10.2 Å². The normalized spacial score (nSPS) is 26.8. The summed E-state index contributed by atoms with van der Waals surface area (Å²) >= 11 is 0. The summed E-state index contributed by atoms with van der Waals surface area (Å²) in [5, 5.41) is 18.3. The van der Waals surface area contributed by atoms with Gasteiger partial charge >= 0.3 is 6.01 Å². The zero-order valence-corrected chi connectivity index (χ0v) is 24.9. The molecule has 2 N–H and O–H groups in total. The maximum atomic E-state index is 14.5. The third-order valence-corrected chi connectivity index (χ3v) is 10.4. The van der Waals surface area contributed by atoms with Crippen LogP contribution in [0.15, 0.2) is 52.9 Å². The molecule has 0 unspecified atom stereocenters. The predicted molar refractivity (Wildman–Crippen MR) is 169 cm³/mol. The minimum Gasteiger partial charge on any atom is -0.508 e. The van der Waals surface area contributed by atoms with Crippen molar-refractivity contribution >= 4 is 38.5 Å². The third kappa shape index (κ3) is 4.16. The maximum absolute atomic E-state index is 14.5. The summed E-state index contributed by atoms with van der Waals surface area (Å²) in [5.74, 6) is 1.85. The van der Waals surface area contributed by atoms with Crippen LogP contribution in [0, 0.1) is 6.92 Å². The van der Waals surface area contributed by atoms with Crippen LogP contribution >= 0.6 is 0 Å². The minimum atomic E-state index is -0.819. The number of nitrogens with zero attached hydrogens (tertiary/aromatic N) is 4. The molecule has 2 bridgehead atoms. The Morgan fingerprint density at radius 1 is 1.05 bits per heavy atom. The quantitative estimate of drug-likeness (QED) is 0.253. The van der Waals surface area contributed by atoms with Crippen molar-refractivity contribution in [3.63, 3.8) is 0 Å². The van der Waals surface area contributed by atoms with E-state index in [0.717, 1.165) is 101 Å². The average molecular weight is 594 g/mol. The largest absolute Gasteiger partial charge is 0.508 e. The van der Waals surface area contributed by atoms with E-state index in [0.29, 0.717) is 37.7 Å². The minimum absolute atomic E-state index is 0.196. The molecule has 3 aromatic carbocycles. The number of anilines is 1. The highest BCUT2D eigenvalue weighted by molar-refractivity contribution is 6.17. The molecule has 5 aromatic rings. The van der Waals surface area contributed by atoms with Crippen LogP contribution in [0.25, 0.3) is 43.8 Å². The van der Waals surface area contributed by atoms with Gasteiger partial charge < -0.3 is 24.5 Å². The summed E-state index contributed by atoms with van der Waals surface area (Å²) < 4.78 is 27.4. The zero-order valence-electron chi connectivity index (χ0n) is 24.9. The number of aryl methyl sites for hydroxylation is 1. The number of alkyl halides is 1. The number of hydrogen-bond acceptors (Lipinski definition) is 8. The fraction of sp³-hybridized carbons (Fsp3) is 0.429. The molecule has 0 radical (unpaired) electrons. The molecule has 0 amide bonds. The second-order valence-electron chi connectivity index (χ2n) is 13.4. The number of benzene rings is 3. The Morgan fingerprint density at radius 2 is 1.89 bits per heavy atom. The number of rotatable bonds is 5. The second-order valence-corrected chi connectivity index (χ2v) is 13.4. The highest BCUT2D eigenvalue weighted by Crippen LogP contribution is 2.44. The summed E-state index contributed by atoms with van der Waals surface area (Å²) in [7, 11) is 0. The SMILES string of the molecule is Cc1cc2c(o1)c(-c1cc(O)cc3ccccc13)cc1nc(OC[C@@]34CCCN3C[C@H](F)C4)nc(N3C[C@H]4CC[C@@H](C3)N4)c12. The number of ether oxygens (including phenoxy) is 1. The lowest BCUT2D eigenvalue weighted by Gasteiger charge is -2.34. The van der Waals surface area contributed by atoms with Crippen LogP contribution in [-0.2, 0) is 0 Å². The first kappa shape index (κ1) is 26.5. The van der Waals surface area contributed by atoms with Crippen molar-refractivity contribution in [2.24, 2.45) is 0 Å². The second kappa shape index (κ2) is 9.78. The van der Waals surface area contributed by atoms with Crippen molar-refractivity contribution in [1.82, 2.24) is 20.2 Å². The molecule has 2 aromatic heterocycles. The van der Waals surface area contributed by atoms with Crippen molar-refractivity contribution in [2.75, 3.05) is 37.7 Å². The Morgan fingerprint density at radius 3 is 2.75 bits per heavy atom. The maximum Gasteiger partial charge on any atom is 0.319 e. The van der Waals surface area contributed by atoms with Crippen LogP contribution in [-0.4, -0.2) is 76.6 Å². The predicted octanol–water partition coefficient (Wildman–Crippen LogP) is 6.11. The van der Waals surface area contributed by atoms with E-state index in [1.165, 1.54) is 0 Å². The molecule has 4 saturated heterocycles. The topological polar surface area (TPSA) is 86.9 Å². The molecule has 9 heteroatoms. The van der Waals surface area contributed by atoms with Crippen LogP contribution in [0.3, 0.4) is 0 Å². The first-order valence-corrected chi connectivity index (χ1v) is 15.9. The summed E-state index contributed by atoms with van der Waals surface area (Å²) in [5.41, 5.74) is 2.97. The van der Waals surface area contributed by atoms with E-state index in [-0.39, 0.29) is 11.3 Å². The van der Waals surface area contributed by atoms with Crippen LogP contribution in [0.2, 0.25) is 0 Å².